The van der Waals surface area contributed by atoms with Crippen molar-refractivity contribution in [1.82, 2.24) is 0 Å². The quantitative estimate of drug-likeness (QED) is 0.352. The van der Waals surface area contributed by atoms with Crippen LogP contribution >= 0.6 is 0 Å². The van der Waals surface area contributed by atoms with Crippen LogP contribution in [0.2, 0.25) is 0 Å². The Balaban J connectivity index is 1.72. The number of benzene rings is 3. The number of hydrogen-bond acceptors (Lipinski definition) is 6. The van der Waals surface area contributed by atoms with Crippen molar-refractivity contribution in [3.05, 3.63) is 94.3 Å². The maximum absolute atomic E-state index is 13.2. The summed E-state index contributed by atoms with van der Waals surface area (Å²) in [4.78, 5) is 25.8. The van der Waals surface area contributed by atoms with E-state index in [2.05, 4.69) is 0 Å². The van der Waals surface area contributed by atoms with Gasteiger partial charge in [0.1, 0.15) is 22.8 Å². The van der Waals surface area contributed by atoms with Crippen molar-refractivity contribution in [1.29, 1.82) is 0 Å². The number of methoxy groups -OCH3 is 1. The van der Waals surface area contributed by atoms with Crippen LogP contribution in [0.1, 0.15) is 24.4 Å². The maximum atomic E-state index is 13.2. The van der Waals surface area contributed by atoms with Crippen molar-refractivity contribution < 1.29 is 23.4 Å². The minimum atomic E-state index is -0.935. The summed E-state index contributed by atoms with van der Waals surface area (Å²) < 4.78 is 22.4. The van der Waals surface area contributed by atoms with Crippen molar-refractivity contribution in [2.45, 2.75) is 20.0 Å². The Hall–Kier alpha value is -4.06. The van der Waals surface area contributed by atoms with Crippen molar-refractivity contribution in [3.8, 4) is 22.6 Å². The third-order valence-electron chi connectivity index (χ3n) is 5.28. The molecule has 0 aliphatic carbocycles. The fraction of sp³-hybridized carbons (Fsp3) is 0.185. The highest BCUT2D eigenvalue weighted by atomic mass is 16.6. The lowest BCUT2D eigenvalue weighted by Gasteiger charge is -2.18. The summed E-state index contributed by atoms with van der Waals surface area (Å²) in [6, 6.07) is 21.3. The molecule has 3 aromatic carbocycles. The number of carbonyl (C=O) groups excluding carboxylic acids is 1. The van der Waals surface area contributed by atoms with Gasteiger partial charge in [-0.15, -0.1) is 0 Å². The number of ether oxygens (including phenoxy) is 3. The van der Waals surface area contributed by atoms with Crippen LogP contribution < -0.4 is 14.9 Å². The number of aryl methyl sites for hydroxylation is 1. The first-order chi connectivity index (χ1) is 16.0. The van der Waals surface area contributed by atoms with E-state index >= 15 is 0 Å². The van der Waals surface area contributed by atoms with Crippen molar-refractivity contribution >= 4 is 16.9 Å². The molecule has 6 nitrogen and oxygen atoms in total. The van der Waals surface area contributed by atoms with Gasteiger partial charge in [0.05, 0.1) is 24.7 Å². The molecule has 33 heavy (non-hydrogen) atoms. The van der Waals surface area contributed by atoms with Gasteiger partial charge in [-0.2, -0.15) is 0 Å². The van der Waals surface area contributed by atoms with E-state index in [1.807, 2.05) is 30.3 Å². The third-order valence-corrected chi connectivity index (χ3v) is 5.28. The van der Waals surface area contributed by atoms with E-state index in [1.165, 1.54) is 0 Å². The van der Waals surface area contributed by atoms with Crippen LogP contribution in [0.15, 0.2) is 82.0 Å². The van der Waals surface area contributed by atoms with Crippen LogP contribution in [0, 0.1) is 6.92 Å². The normalized spacial score (nSPS) is 11.7. The highest BCUT2D eigenvalue weighted by molar-refractivity contribution is 5.84. The van der Waals surface area contributed by atoms with Crippen LogP contribution in [0.4, 0.5) is 0 Å². The highest BCUT2D eigenvalue weighted by Crippen LogP contribution is 2.30. The summed E-state index contributed by atoms with van der Waals surface area (Å²) in [6.45, 7) is 3.73. The van der Waals surface area contributed by atoms with E-state index < -0.39 is 12.1 Å². The second-order valence-electron chi connectivity index (χ2n) is 7.41. The molecule has 4 rings (SSSR count). The van der Waals surface area contributed by atoms with E-state index in [9.17, 15) is 9.59 Å². The smallest absolute Gasteiger partial charge is 0.352 e. The van der Waals surface area contributed by atoms with E-state index in [4.69, 9.17) is 18.6 Å². The zero-order valence-corrected chi connectivity index (χ0v) is 18.7. The Labute approximate surface area is 191 Å². The predicted molar refractivity (Wildman–Crippen MR) is 126 cm³/mol. The molecule has 1 atom stereocenters. The van der Waals surface area contributed by atoms with Gasteiger partial charge < -0.3 is 18.6 Å². The molecule has 0 spiro atoms. The molecule has 168 valence electrons. The first-order valence-electron chi connectivity index (χ1n) is 10.6. The van der Waals surface area contributed by atoms with Gasteiger partial charge in [0.15, 0.2) is 0 Å². The predicted octanol–water partition coefficient (Wildman–Crippen LogP) is 5.46. The Morgan fingerprint density at radius 1 is 0.970 bits per heavy atom. The third kappa shape index (κ3) is 4.60. The number of hydrogen-bond donors (Lipinski definition) is 0. The van der Waals surface area contributed by atoms with Crippen LogP contribution in [0.3, 0.4) is 0 Å². The molecule has 0 saturated heterocycles. The molecule has 0 fully saturated rings. The number of rotatable bonds is 7. The van der Waals surface area contributed by atoms with Gasteiger partial charge in [0, 0.05) is 11.6 Å². The molecule has 4 aromatic rings. The summed E-state index contributed by atoms with van der Waals surface area (Å²) in [6.07, 6.45) is -0.935. The summed E-state index contributed by atoms with van der Waals surface area (Å²) in [5, 5.41) is 0.422. The van der Waals surface area contributed by atoms with Crippen molar-refractivity contribution in [2.75, 3.05) is 13.7 Å². The highest BCUT2D eigenvalue weighted by Gasteiger charge is 2.24. The summed E-state index contributed by atoms with van der Waals surface area (Å²) in [7, 11) is 1.59. The Morgan fingerprint density at radius 2 is 1.67 bits per heavy atom. The molecule has 0 radical (unpaired) electrons. The van der Waals surface area contributed by atoms with Gasteiger partial charge in [0.25, 0.3) is 0 Å². The van der Waals surface area contributed by atoms with E-state index in [0.29, 0.717) is 39.4 Å². The average Bonchev–Trinajstić information content (AvgIpc) is 2.83. The summed E-state index contributed by atoms with van der Waals surface area (Å²) >= 11 is 0. The second kappa shape index (κ2) is 9.61. The van der Waals surface area contributed by atoms with Crippen LogP contribution in [-0.4, -0.2) is 19.7 Å². The molecule has 0 bridgehead atoms. The van der Waals surface area contributed by atoms with Gasteiger partial charge in [-0.05, 0) is 43.7 Å². The van der Waals surface area contributed by atoms with E-state index in [0.717, 1.165) is 5.56 Å². The molecule has 0 amide bonds. The summed E-state index contributed by atoms with van der Waals surface area (Å²) in [5.41, 5.74) is 2.14. The molecular weight excluding hydrogens is 420 g/mol. The molecule has 0 N–H and O–H groups in total. The van der Waals surface area contributed by atoms with Gasteiger partial charge >= 0.3 is 5.97 Å². The van der Waals surface area contributed by atoms with Crippen molar-refractivity contribution in [3.63, 3.8) is 0 Å². The zero-order chi connectivity index (χ0) is 23.4. The lowest BCUT2D eigenvalue weighted by Crippen LogP contribution is -2.21. The van der Waals surface area contributed by atoms with Gasteiger partial charge in [-0.3, -0.25) is 4.79 Å². The molecule has 0 aliphatic heterocycles. The molecule has 1 heterocycles. The second-order valence-corrected chi connectivity index (χ2v) is 7.41. The molecule has 1 aromatic heterocycles. The van der Waals surface area contributed by atoms with Gasteiger partial charge in [-0.25, -0.2) is 4.79 Å². The first kappa shape index (κ1) is 22.1. The Morgan fingerprint density at radius 3 is 2.33 bits per heavy atom. The van der Waals surface area contributed by atoms with Crippen LogP contribution in [0.5, 0.6) is 11.5 Å². The average molecular weight is 444 g/mol. The molecule has 0 aliphatic rings. The summed E-state index contributed by atoms with van der Waals surface area (Å²) in [5.74, 6) is 1.10. The largest absolute Gasteiger partial charge is 0.497 e. The topological polar surface area (TPSA) is 75.0 Å². The Kier molecular flexibility index (Phi) is 6.45. The van der Waals surface area contributed by atoms with Crippen LogP contribution in [0.25, 0.3) is 22.1 Å². The molecule has 1 unspecified atom stereocenters. The molecule has 6 heteroatoms. The minimum Gasteiger partial charge on any atom is -0.497 e. The number of carbonyl (C=O) groups is 1. The van der Waals surface area contributed by atoms with Gasteiger partial charge in [-0.1, -0.05) is 42.5 Å². The fourth-order valence-corrected chi connectivity index (χ4v) is 3.68. The fourth-order valence-electron chi connectivity index (χ4n) is 3.68. The standard InChI is InChI=1S/C27H24O6/c1-4-31-27(29)26(19-8-6-5-7-9-19)33-21-14-15-22-23(16-21)32-17(2)24(25(22)28)18-10-12-20(30-3)13-11-18/h5-16,26H,4H2,1-3H3. The minimum absolute atomic E-state index is 0.143. The lowest BCUT2D eigenvalue weighted by atomic mass is 10.0. The maximum Gasteiger partial charge on any atom is 0.352 e. The SMILES string of the molecule is CCOC(=O)C(Oc1ccc2c(=O)c(-c3ccc(OC)cc3)c(C)oc2c1)c1ccccc1. The van der Waals surface area contributed by atoms with E-state index in [1.54, 1.807) is 63.4 Å². The molecule has 0 saturated carbocycles. The Bertz CT molecular complexity index is 1320. The van der Waals surface area contributed by atoms with Crippen molar-refractivity contribution in [2.24, 2.45) is 0 Å². The van der Waals surface area contributed by atoms with Crippen LogP contribution in [-0.2, 0) is 9.53 Å². The van der Waals surface area contributed by atoms with Gasteiger partial charge in [0.2, 0.25) is 11.5 Å². The number of fused-ring (bicyclic) bond motifs is 1. The lowest BCUT2D eigenvalue weighted by molar-refractivity contribution is -0.151. The first-order valence-corrected chi connectivity index (χ1v) is 10.6. The number of esters is 1. The zero-order valence-electron chi connectivity index (χ0n) is 18.7. The monoisotopic (exact) mass is 444 g/mol. The molecular formula is C27H24O6. The van der Waals surface area contributed by atoms with E-state index in [-0.39, 0.29) is 12.0 Å².